The standard InChI is InChI=1S/C11H21N3O3/c1-14-11(10(16-3)8-13-14)9(12)4-5-17-7-6-15-2/h8-9H,4-7,12H2,1-3H3. The van der Waals surface area contributed by atoms with Gasteiger partial charge in [0, 0.05) is 20.8 Å². The number of nitrogens with zero attached hydrogens (tertiary/aromatic N) is 2. The van der Waals surface area contributed by atoms with Crippen molar-refractivity contribution in [2.75, 3.05) is 34.0 Å². The normalized spacial score (nSPS) is 12.7. The summed E-state index contributed by atoms with van der Waals surface area (Å²) in [4.78, 5) is 0. The zero-order valence-electron chi connectivity index (χ0n) is 10.7. The zero-order chi connectivity index (χ0) is 12.7. The Morgan fingerprint density at radius 2 is 2.12 bits per heavy atom. The highest BCUT2D eigenvalue weighted by Crippen LogP contribution is 2.24. The third kappa shape index (κ3) is 3.99. The molecule has 1 rings (SSSR count). The van der Waals surface area contributed by atoms with Crippen LogP contribution in [-0.2, 0) is 16.5 Å². The van der Waals surface area contributed by atoms with Crippen molar-refractivity contribution < 1.29 is 14.2 Å². The van der Waals surface area contributed by atoms with Crippen LogP contribution in [0.2, 0.25) is 0 Å². The molecule has 0 saturated carbocycles. The molecule has 6 nitrogen and oxygen atoms in total. The molecule has 1 atom stereocenters. The van der Waals surface area contributed by atoms with Gasteiger partial charge in [0.1, 0.15) is 0 Å². The maximum absolute atomic E-state index is 6.08. The Morgan fingerprint density at radius 1 is 1.35 bits per heavy atom. The van der Waals surface area contributed by atoms with Crippen LogP contribution >= 0.6 is 0 Å². The van der Waals surface area contributed by atoms with Crippen LogP contribution < -0.4 is 10.5 Å². The second-order valence-corrected chi connectivity index (χ2v) is 3.72. The van der Waals surface area contributed by atoms with Gasteiger partial charge < -0.3 is 19.9 Å². The van der Waals surface area contributed by atoms with Crippen LogP contribution in [0, 0.1) is 0 Å². The topological polar surface area (TPSA) is 71.5 Å². The molecule has 6 heteroatoms. The van der Waals surface area contributed by atoms with E-state index in [2.05, 4.69) is 5.10 Å². The molecule has 0 radical (unpaired) electrons. The lowest BCUT2D eigenvalue weighted by Gasteiger charge is -2.13. The van der Waals surface area contributed by atoms with Crippen molar-refractivity contribution in [1.29, 1.82) is 0 Å². The number of aryl methyl sites for hydroxylation is 1. The van der Waals surface area contributed by atoms with Crippen molar-refractivity contribution in [3.63, 3.8) is 0 Å². The van der Waals surface area contributed by atoms with Gasteiger partial charge >= 0.3 is 0 Å². The monoisotopic (exact) mass is 243 g/mol. The number of hydrogen-bond acceptors (Lipinski definition) is 5. The Labute approximate surface area is 102 Å². The van der Waals surface area contributed by atoms with E-state index < -0.39 is 0 Å². The molecule has 0 aromatic carbocycles. The van der Waals surface area contributed by atoms with Crippen LogP contribution in [0.25, 0.3) is 0 Å². The lowest BCUT2D eigenvalue weighted by Crippen LogP contribution is -2.18. The van der Waals surface area contributed by atoms with Crippen molar-refractivity contribution in [2.45, 2.75) is 12.5 Å². The largest absolute Gasteiger partial charge is 0.493 e. The van der Waals surface area contributed by atoms with Gasteiger partial charge in [-0.25, -0.2) is 0 Å². The lowest BCUT2D eigenvalue weighted by atomic mass is 10.1. The summed E-state index contributed by atoms with van der Waals surface area (Å²) >= 11 is 0. The van der Waals surface area contributed by atoms with E-state index in [-0.39, 0.29) is 6.04 Å². The van der Waals surface area contributed by atoms with Crippen molar-refractivity contribution in [3.05, 3.63) is 11.9 Å². The summed E-state index contributed by atoms with van der Waals surface area (Å²) in [7, 11) is 5.11. The van der Waals surface area contributed by atoms with E-state index in [1.54, 1.807) is 25.1 Å². The smallest absolute Gasteiger partial charge is 0.161 e. The number of hydrogen-bond donors (Lipinski definition) is 1. The van der Waals surface area contributed by atoms with Crippen molar-refractivity contribution >= 4 is 0 Å². The van der Waals surface area contributed by atoms with E-state index in [4.69, 9.17) is 19.9 Å². The van der Waals surface area contributed by atoms with Gasteiger partial charge in [-0.15, -0.1) is 0 Å². The first kappa shape index (κ1) is 14.0. The van der Waals surface area contributed by atoms with Gasteiger partial charge in [-0.2, -0.15) is 5.10 Å². The third-order valence-corrected chi connectivity index (χ3v) is 2.53. The van der Waals surface area contributed by atoms with E-state index >= 15 is 0 Å². The summed E-state index contributed by atoms with van der Waals surface area (Å²) < 4.78 is 17.2. The molecular formula is C11H21N3O3. The first-order valence-corrected chi connectivity index (χ1v) is 5.58. The molecule has 0 aliphatic carbocycles. The molecule has 0 bridgehead atoms. The molecule has 98 valence electrons. The molecule has 0 aliphatic rings. The fourth-order valence-corrected chi connectivity index (χ4v) is 1.60. The first-order chi connectivity index (χ1) is 8.20. The quantitative estimate of drug-likeness (QED) is 0.672. The predicted octanol–water partition coefficient (Wildman–Crippen LogP) is 0.482. The lowest BCUT2D eigenvalue weighted by molar-refractivity contribution is 0.0668. The SMILES string of the molecule is COCCOCCC(N)c1c(OC)cnn1C. The molecular weight excluding hydrogens is 222 g/mol. The zero-order valence-corrected chi connectivity index (χ0v) is 10.7. The average Bonchev–Trinajstić information content (AvgIpc) is 2.70. The summed E-state index contributed by atoms with van der Waals surface area (Å²) in [5, 5.41) is 4.12. The van der Waals surface area contributed by atoms with Crippen molar-refractivity contribution in [2.24, 2.45) is 12.8 Å². The number of ether oxygens (including phenoxy) is 3. The van der Waals surface area contributed by atoms with Crippen LogP contribution in [0.5, 0.6) is 5.75 Å². The molecule has 0 saturated heterocycles. The van der Waals surface area contributed by atoms with Gasteiger partial charge in [-0.3, -0.25) is 4.68 Å². The Morgan fingerprint density at radius 3 is 2.76 bits per heavy atom. The van der Waals surface area contributed by atoms with Gasteiger partial charge in [0.25, 0.3) is 0 Å². The summed E-state index contributed by atoms with van der Waals surface area (Å²) in [5.41, 5.74) is 6.97. The van der Waals surface area contributed by atoms with Crippen LogP contribution in [0.1, 0.15) is 18.2 Å². The number of methoxy groups -OCH3 is 2. The maximum atomic E-state index is 6.08. The Kier molecular flexibility index (Phi) is 5.96. The summed E-state index contributed by atoms with van der Waals surface area (Å²) in [6.45, 7) is 1.79. The highest BCUT2D eigenvalue weighted by molar-refractivity contribution is 5.27. The van der Waals surface area contributed by atoms with Crippen LogP contribution in [-0.4, -0.2) is 43.8 Å². The molecule has 0 fully saturated rings. The summed E-state index contributed by atoms with van der Waals surface area (Å²) in [6, 6.07) is -0.139. The Hall–Kier alpha value is -1.11. The molecule has 17 heavy (non-hydrogen) atoms. The van der Waals surface area contributed by atoms with Crippen molar-refractivity contribution in [1.82, 2.24) is 9.78 Å². The van der Waals surface area contributed by atoms with Gasteiger partial charge in [0.15, 0.2) is 5.75 Å². The van der Waals surface area contributed by atoms with Gasteiger partial charge in [-0.1, -0.05) is 0 Å². The fourth-order valence-electron chi connectivity index (χ4n) is 1.60. The third-order valence-electron chi connectivity index (χ3n) is 2.53. The number of aromatic nitrogens is 2. The van der Waals surface area contributed by atoms with E-state index in [0.29, 0.717) is 19.8 Å². The Bertz CT molecular complexity index is 328. The van der Waals surface area contributed by atoms with Crippen LogP contribution in [0.15, 0.2) is 6.20 Å². The molecule has 1 aromatic rings. The van der Waals surface area contributed by atoms with E-state index in [1.165, 1.54) is 0 Å². The first-order valence-electron chi connectivity index (χ1n) is 5.58. The molecule has 1 aromatic heterocycles. The molecule has 1 unspecified atom stereocenters. The maximum Gasteiger partial charge on any atom is 0.161 e. The van der Waals surface area contributed by atoms with E-state index in [0.717, 1.165) is 17.9 Å². The molecule has 0 aliphatic heterocycles. The van der Waals surface area contributed by atoms with E-state index in [1.807, 2.05) is 7.05 Å². The molecule has 1 heterocycles. The van der Waals surface area contributed by atoms with E-state index in [9.17, 15) is 0 Å². The second-order valence-electron chi connectivity index (χ2n) is 3.72. The van der Waals surface area contributed by atoms with Crippen LogP contribution in [0.4, 0.5) is 0 Å². The van der Waals surface area contributed by atoms with Crippen LogP contribution in [0.3, 0.4) is 0 Å². The number of nitrogens with two attached hydrogens (primary N) is 1. The molecule has 0 amide bonds. The van der Waals surface area contributed by atoms with Crippen molar-refractivity contribution in [3.8, 4) is 5.75 Å². The summed E-state index contributed by atoms with van der Waals surface area (Å²) in [5.74, 6) is 0.719. The predicted molar refractivity (Wildman–Crippen MR) is 64.0 cm³/mol. The molecule has 2 N–H and O–H groups in total. The second kappa shape index (κ2) is 7.26. The van der Waals surface area contributed by atoms with Gasteiger partial charge in [-0.05, 0) is 6.42 Å². The highest BCUT2D eigenvalue weighted by atomic mass is 16.5. The molecule has 0 spiro atoms. The average molecular weight is 243 g/mol. The number of rotatable bonds is 8. The Balaban J connectivity index is 2.40. The minimum Gasteiger partial charge on any atom is -0.493 e. The minimum atomic E-state index is -0.139. The van der Waals surface area contributed by atoms with Gasteiger partial charge in [0.2, 0.25) is 0 Å². The van der Waals surface area contributed by atoms with Gasteiger partial charge in [0.05, 0.1) is 38.3 Å². The minimum absolute atomic E-state index is 0.139. The summed E-state index contributed by atoms with van der Waals surface area (Å²) in [6.07, 6.45) is 2.39. The highest BCUT2D eigenvalue weighted by Gasteiger charge is 2.16. The fraction of sp³-hybridized carbons (Fsp3) is 0.727.